The molecule has 4 rings (SSSR count). The van der Waals surface area contributed by atoms with Crippen LogP contribution in [0, 0.1) is 11.8 Å². The summed E-state index contributed by atoms with van der Waals surface area (Å²) in [6, 6.07) is 5.86. The molecule has 0 radical (unpaired) electrons. The maximum absolute atomic E-state index is 12.5. The number of nitrogens with zero attached hydrogens (tertiary/aromatic N) is 1. The molecule has 2 fully saturated rings. The number of carbonyl (C=O) groups excluding carboxylic acids is 2. The van der Waals surface area contributed by atoms with Gasteiger partial charge in [-0.1, -0.05) is 18.2 Å². The number of hydrogen-bond acceptors (Lipinski definition) is 4. The van der Waals surface area contributed by atoms with Crippen LogP contribution in [0.2, 0.25) is 0 Å². The number of amides is 2. The number of hydrogen-bond donors (Lipinski definition) is 1. The lowest BCUT2D eigenvalue weighted by Gasteiger charge is -2.17. The number of anilines is 1. The summed E-state index contributed by atoms with van der Waals surface area (Å²) in [5.41, 5.74) is 0.348. The Kier molecular flexibility index (Phi) is 2.35. The molecule has 1 N–H and O–H groups in total. The summed E-state index contributed by atoms with van der Waals surface area (Å²) in [6.45, 7) is 0. The Morgan fingerprint density at radius 3 is 2.29 bits per heavy atom. The largest absolute Gasteiger partial charge is 0.478 e. The Hall–Kier alpha value is -2.47. The number of carbonyl (C=O) groups is 3. The normalized spacial score (nSPS) is 32.9. The van der Waals surface area contributed by atoms with Crippen molar-refractivity contribution in [3.8, 4) is 0 Å². The molecular weight excluding hydrogens is 274 g/mol. The Bertz CT molecular complexity index is 680. The van der Waals surface area contributed by atoms with Crippen LogP contribution in [0.15, 0.2) is 36.4 Å². The number of imide groups is 1. The second-order valence-electron chi connectivity index (χ2n) is 5.37. The third-order valence-electron chi connectivity index (χ3n) is 4.26. The van der Waals surface area contributed by atoms with E-state index in [1.54, 1.807) is 6.07 Å². The van der Waals surface area contributed by atoms with Gasteiger partial charge < -0.3 is 9.84 Å². The predicted octanol–water partition coefficient (Wildman–Crippen LogP) is 0.828. The van der Waals surface area contributed by atoms with E-state index in [4.69, 9.17) is 9.84 Å². The minimum Gasteiger partial charge on any atom is -0.478 e. The van der Waals surface area contributed by atoms with Gasteiger partial charge in [0.15, 0.2) is 0 Å². The highest BCUT2D eigenvalue weighted by Gasteiger charge is 2.61. The van der Waals surface area contributed by atoms with Crippen molar-refractivity contribution in [2.24, 2.45) is 11.8 Å². The molecule has 6 nitrogen and oxygen atoms in total. The summed E-state index contributed by atoms with van der Waals surface area (Å²) in [4.78, 5) is 37.1. The summed E-state index contributed by atoms with van der Waals surface area (Å²) in [5, 5.41) is 9.02. The third kappa shape index (κ3) is 1.53. The van der Waals surface area contributed by atoms with E-state index in [9.17, 15) is 14.4 Å². The van der Waals surface area contributed by atoms with E-state index in [1.807, 2.05) is 12.2 Å². The molecular formula is C15H11NO5. The van der Waals surface area contributed by atoms with Gasteiger partial charge in [-0.2, -0.15) is 0 Å². The Morgan fingerprint density at radius 1 is 1.10 bits per heavy atom. The number of fused-ring (bicyclic) bond motifs is 5. The van der Waals surface area contributed by atoms with Crippen LogP contribution in [0.5, 0.6) is 0 Å². The zero-order chi connectivity index (χ0) is 14.7. The molecule has 3 aliphatic rings. The van der Waals surface area contributed by atoms with Gasteiger partial charge in [-0.25, -0.2) is 9.69 Å². The van der Waals surface area contributed by atoms with Crippen LogP contribution in [-0.4, -0.2) is 35.1 Å². The van der Waals surface area contributed by atoms with Crippen molar-refractivity contribution in [3.05, 3.63) is 42.0 Å². The summed E-state index contributed by atoms with van der Waals surface area (Å²) in [5.74, 6) is -2.70. The van der Waals surface area contributed by atoms with Crippen molar-refractivity contribution in [1.82, 2.24) is 0 Å². The summed E-state index contributed by atoms with van der Waals surface area (Å²) < 4.78 is 5.55. The van der Waals surface area contributed by atoms with Crippen LogP contribution in [-0.2, 0) is 14.3 Å². The Labute approximate surface area is 119 Å². The van der Waals surface area contributed by atoms with E-state index in [1.165, 1.54) is 18.2 Å². The molecule has 6 heteroatoms. The monoisotopic (exact) mass is 285 g/mol. The van der Waals surface area contributed by atoms with E-state index in [-0.39, 0.29) is 29.6 Å². The van der Waals surface area contributed by atoms with Gasteiger partial charge in [0, 0.05) is 0 Å². The lowest BCUT2D eigenvalue weighted by Crippen LogP contribution is -2.34. The van der Waals surface area contributed by atoms with Crippen LogP contribution < -0.4 is 4.90 Å². The van der Waals surface area contributed by atoms with Gasteiger partial charge in [0.25, 0.3) is 0 Å². The molecule has 4 unspecified atom stereocenters. The molecule has 3 aliphatic heterocycles. The van der Waals surface area contributed by atoms with E-state index in [2.05, 4.69) is 0 Å². The van der Waals surface area contributed by atoms with Gasteiger partial charge in [-0.15, -0.1) is 0 Å². The number of carboxylic acid groups (broad SMARTS) is 1. The van der Waals surface area contributed by atoms with Crippen molar-refractivity contribution in [2.75, 3.05) is 4.90 Å². The molecule has 0 aromatic heterocycles. The molecule has 106 valence electrons. The molecule has 0 spiro atoms. The van der Waals surface area contributed by atoms with Crippen LogP contribution in [0.25, 0.3) is 0 Å². The maximum Gasteiger partial charge on any atom is 0.335 e. The van der Waals surface area contributed by atoms with Crippen molar-refractivity contribution >= 4 is 23.5 Å². The lowest BCUT2D eigenvalue weighted by atomic mass is 9.85. The number of carboxylic acids is 1. The Balaban J connectivity index is 1.74. The maximum atomic E-state index is 12.5. The summed E-state index contributed by atoms with van der Waals surface area (Å²) in [7, 11) is 0. The average molecular weight is 285 g/mol. The molecule has 21 heavy (non-hydrogen) atoms. The average Bonchev–Trinajstić information content (AvgIpc) is 3.13. The quantitative estimate of drug-likeness (QED) is 0.642. The molecule has 2 saturated heterocycles. The highest BCUT2D eigenvalue weighted by atomic mass is 16.5. The van der Waals surface area contributed by atoms with Crippen molar-refractivity contribution in [2.45, 2.75) is 12.2 Å². The first-order valence-corrected chi connectivity index (χ1v) is 6.63. The molecule has 2 bridgehead atoms. The van der Waals surface area contributed by atoms with Gasteiger partial charge in [0.1, 0.15) is 0 Å². The zero-order valence-electron chi connectivity index (χ0n) is 10.8. The standard InChI is InChI=1S/C15H11NO5/c17-13-11-9-4-5-10(21-9)12(11)14(18)16(13)8-3-1-2-7(6-8)15(19)20/h1-6,9-12H,(H,19,20). The van der Waals surface area contributed by atoms with E-state index >= 15 is 0 Å². The fourth-order valence-electron chi connectivity index (χ4n) is 3.34. The molecule has 4 atom stereocenters. The highest BCUT2D eigenvalue weighted by Crippen LogP contribution is 2.46. The summed E-state index contributed by atoms with van der Waals surface area (Å²) in [6.07, 6.45) is 2.94. The van der Waals surface area contributed by atoms with E-state index < -0.39 is 17.8 Å². The highest BCUT2D eigenvalue weighted by molar-refractivity contribution is 6.23. The first kappa shape index (κ1) is 12.3. The molecule has 0 aliphatic carbocycles. The van der Waals surface area contributed by atoms with Gasteiger partial charge >= 0.3 is 5.97 Å². The minimum absolute atomic E-state index is 0.0440. The topological polar surface area (TPSA) is 83.9 Å². The van der Waals surface area contributed by atoms with E-state index in [0.717, 1.165) is 4.90 Å². The first-order valence-electron chi connectivity index (χ1n) is 6.63. The molecule has 1 aromatic rings. The van der Waals surface area contributed by atoms with Crippen LogP contribution in [0.3, 0.4) is 0 Å². The molecule has 0 saturated carbocycles. The summed E-state index contributed by atoms with van der Waals surface area (Å²) >= 11 is 0. The third-order valence-corrected chi connectivity index (χ3v) is 4.26. The van der Waals surface area contributed by atoms with Crippen LogP contribution >= 0.6 is 0 Å². The van der Waals surface area contributed by atoms with Gasteiger partial charge in [0.2, 0.25) is 11.8 Å². The van der Waals surface area contributed by atoms with E-state index in [0.29, 0.717) is 5.69 Å². The number of benzene rings is 1. The zero-order valence-corrected chi connectivity index (χ0v) is 10.8. The molecule has 1 aromatic carbocycles. The van der Waals surface area contributed by atoms with Crippen molar-refractivity contribution in [1.29, 1.82) is 0 Å². The van der Waals surface area contributed by atoms with Crippen molar-refractivity contribution < 1.29 is 24.2 Å². The second kappa shape index (κ2) is 4.02. The fraction of sp³-hybridized carbons (Fsp3) is 0.267. The number of aromatic carboxylic acids is 1. The minimum atomic E-state index is -1.10. The van der Waals surface area contributed by atoms with Gasteiger partial charge in [-0.3, -0.25) is 9.59 Å². The number of ether oxygens (including phenoxy) is 1. The van der Waals surface area contributed by atoms with Crippen LogP contribution in [0.1, 0.15) is 10.4 Å². The number of rotatable bonds is 2. The predicted molar refractivity (Wildman–Crippen MR) is 70.7 cm³/mol. The molecule has 3 heterocycles. The fourth-order valence-corrected chi connectivity index (χ4v) is 3.34. The van der Waals surface area contributed by atoms with Gasteiger partial charge in [0.05, 0.1) is 35.3 Å². The molecule has 2 amide bonds. The second-order valence-corrected chi connectivity index (χ2v) is 5.37. The van der Waals surface area contributed by atoms with Gasteiger partial charge in [-0.05, 0) is 18.2 Å². The van der Waals surface area contributed by atoms with Crippen LogP contribution in [0.4, 0.5) is 5.69 Å². The van der Waals surface area contributed by atoms with Crippen molar-refractivity contribution in [3.63, 3.8) is 0 Å². The lowest BCUT2D eigenvalue weighted by molar-refractivity contribution is -0.124. The SMILES string of the molecule is O=C(O)c1cccc(N2C(=O)C3C4C=CC(O4)C3C2=O)c1. The smallest absolute Gasteiger partial charge is 0.335 e. The first-order chi connectivity index (χ1) is 10.1. The Morgan fingerprint density at radius 2 is 1.71 bits per heavy atom.